The van der Waals surface area contributed by atoms with Gasteiger partial charge in [0.1, 0.15) is 5.75 Å². The van der Waals surface area contributed by atoms with Crippen LogP contribution in [0.15, 0.2) is 48.5 Å². The standard InChI is InChI=1S/C14H12BClNO2S/c16-13-10(5-4-8-12(13)15-18)9-17-14(20)19-11-6-2-1-3-7-11/h1-8,18H,9H2,(H,17,20). The Morgan fingerprint density at radius 2 is 1.95 bits per heavy atom. The van der Waals surface area contributed by atoms with Crippen LogP contribution in [0, 0.1) is 0 Å². The Morgan fingerprint density at radius 3 is 2.65 bits per heavy atom. The van der Waals surface area contributed by atoms with E-state index in [1.54, 1.807) is 6.07 Å². The van der Waals surface area contributed by atoms with Gasteiger partial charge in [0.2, 0.25) is 0 Å². The molecule has 20 heavy (non-hydrogen) atoms. The molecule has 0 atom stereocenters. The van der Waals surface area contributed by atoms with E-state index in [0.29, 0.717) is 22.8 Å². The maximum Gasteiger partial charge on any atom is 0.328 e. The van der Waals surface area contributed by atoms with Gasteiger partial charge >= 0.3 is 7.48 Å². The third-order valence-electron chi connectivity index (χ3n) is 2.62. The lowest BCUT2D eigenvalue weighted by molar-refractivity contribution is 0.531. The largest absolute Gasteiger partial charge is 0.450 e. The van der Waals surface area contributed by atoms with Crippen molar-refractivity contribution in [1.29, 1.82) is 0 Å². The van der Waals surface area contributed by atoms with Crippen LogP contribution in [0.1, 0.15) is 5.56 Å². The van der Waals surface area contributed by atoms with E-state index < -0.39 is 0 Å². The second-order valence-corrected chi connectivity index (χ2v) is 4.75. The minimum atomic E-state index is 0.269. The van der Waals surface area contributed by atoms with Crippen molar-refractivity contribution in [2.45, 2.75) is 6.54 Å². The van der Waals surface area contributed by atoms with Gasteiger partial charge in [-0.2, -0.15) is 0 Å². The highest BCUT2D eigenvalue weighted by atomic mass is 35.5. The quantitative estimate of drug-likeness (QED) is 0.670. The number of benzene rings is 2. The zero-order valence-corrected chi connectivity index (χ0v) is 12.1. The molecule has 2 rings (SSSR count). The lowest BCUT2D eigenvalue weighted by Crippen LogP contribution is -2.27. The molecule has 0 saturated heterocycles. The van der Waals surface area contributed by atoms with E-state index in [2.05, 4.69) is 5.32 Å². The number of hydrogen-bond donors (Lipinski definition) is 2. The Kier molecular flexibility index (Phi) is 5.41. The van der Waals surface area contributed by atoms with E-state index in [0.717, 1.165) is 13.0 Å². The first-order valence-electron chi connectivity index (χ1n) is 5.96. The van der Waals surface area contributed by atoms with Crippen LogP contribution < -0.4 is 15.5 Å². The van der Waals surface area contributed by atoms with Crippen LogP contribution in [0.2, 0.25) is 5.02 Å². The van der Waals surface area contributed by atoms with Crippen LogP contribution >= 0.6 is 23.8 Å². The molecular formula is C14H12BClNO2S. The first-order chi connectivity index (χ1) is 9.70. The average Bonchev–Trinajstić information content (AvgIpc) is 2.47. The molecule has 0 aromatic heterocycles. The summed E-state index contributed by atoms with van der Waals surface area (Å²) < 4.78 is 5.45. The van der Waals surface area contributed by atoms with Crippen LogP contribution in [0.5, 0.6) is 5.75 Å². The van der Waals surface area contributed by atoms with Crippen molar-refractivity contribution in [2.24, 2.45) is 0 Å². The smallest absolute Gasteiger partial charge is 0.328 e. The van der Waals surface area contributed by atoms with E-state index in [4.69, 9.17) is 33.6 Å². The van der Waals surface area contributed by atoms with E-state index in [9.17, 15) is 0 Å². The molecule has 0 fully saturated rings. The van der Waals surface area contributed by atoms with Crippen molar-refractivity contribution in [3.05, 3.63) is 59.1 Å². The number of thiocarbonyl (C=S) groups is 1. The van der Waals surface area contributed by atoms with Gasteiger partial charge < -0.3 is 15.1 Å². The Hall–Kier alpha value is -1.56. The molecule has 0 amide bonds. The molecule has 0 bridgehead atoms. The van der Waals surface area contributed by atoms with Gasteiger partial charge in [-0.25, -0.2) is 0 Å². The first-order valence-corrected chi connectivity index (χ1v) is 6.75. The fourth-order valence-electron chi connectivity index (χ4n) is 1.63. The number of para-hydroxylation sites is 1. The van der Waals surface area contributed by atoms with Gasteiger partial charge in [0.15, 0.2) is 0 Å². The normalized spacial score (nSPS) is 9.90. The van der Waals surface area contributed by atoms with E-state index >= 15 is 0 Å². The van der Waals surface area contributed by atoms with Crippen molar-refractivity contribution in [2.75, 3.05) is 0 Å². The second-order valence-electron chi connectivity index (χ2n) is 4.01. The lowest BCUT2D eigenvalue weighted by atomic mass is 9.87. The molecule has 0 unspecified atom stereocenters. The zero-order valence-electron chi connectivity index (χ0n) is 10.5. The number of nitrogens with one attached hydrogen (secondary N) is 1. The number of halogens is 1. The average molecular weight is 305 g/mol. The van der Waals surface area contributed by atoms with Crippen LogP contribution in [0.3, 0.4) is 0 Å². The topological polar surface area (TPSA) is 41.5 Å². The molecule has 1 radical (unpaired) electrons. The Morgan fingerprint density at radius 1 is 1.20 bits per heavy atom. The van der Waals surface area contributed by atoms with Crippen molar-refractivity contribution >= 4 is 41.9 Å². The highest BCUT2D eigenvalue weighted by Crippen LogP contribution is 2.13. The molecule has 3 nitrogen and oxygen atoms in total. The maximum atomic E-state index is 9.03. The Labute approximate surface area is 128 Å². The van der Waals surface area contributed by atoms with Crippen molar-refractivity contribution < 1.29 is 9.76 Å². The Balaban J connectivity index is 1.94. The lowest BCUT2D eigenvalue weighted by Gasteiger charge is -2.11. The minimum absolute atomic E-state index is 0.269. The van der Waals surface area contributed by atoms with E-state index in [1.165, 1.54) is 0 Å². The van der Waals surface area contributed by atoms with Crippen molar-refractivity contribution in [3.63, 3.8) is 0 Å². The summed E-state index contributed by atoms with van der Waals surface area (Å²) in [5, 5.41) is 12.8. The minimum Gasteiger partial charge on any atom is -0.450 e. The molecule has 0 spiro atoms. The zero-order chi connectivity index (χ0) is 14.4. The molecule has 0 aliphatic carbocycles. The van der Waals surface area contributed by atoms with Crippen molar-refractivity contribution in [1.82, 2.24) is 5.32 Å². The maximum absolute atomic E-state index is 9.03. The highest BCUT2D eigenvalue weighted by Gasteiger charge is 2.07. The highest BCUT2D eigenvalue weighted by molar-refractivity contribution is 7.80. The summed E-state index contributed by atoms with van der Waals surface area (Å²) in [5.41, 5.74) is 1.40. The first kappa shape index (κ1) is 14.8. The SMILES string of the molecule is O[B]c1cccc(CNC(=S)Oc2ccccc2)c1Cl. The summed E-state index contributed by atoms with van der Waals surface area (Å²) in [7, 11) is 0.977. The third kappa shape index (κ3) is 3.97. The molecule has 0 saturated carbocycles. The molecule has 2 aromatic rings. The summed E-state index contributed by atoms with van der Waals surface area (Å²) >= 11 is 11.2. The second kappa shape index (κ2) is 7.29. The molecule has 0 aliphatic heterocycles. The van der Waals surface area contributed by atoms with E-state index in [1.807, 2.05) is 42.5 Å². The van der Waals surface area contributed by atoms with E-state index in [-0.39, 0.29) is 5.17 Å². The summed E-state index contributed by atoms with van der Waals surface area (Å²) in [6.07, 6.45) is 0. The van der Waals surface area contributed by atoms with Gasteiger partial charge in [-0.3, -0.25) is 0 Å². The van der Waals surface area contributed by atoms with Gasteiger partial charge in [0.05, 0.1) is 0 Å². The molecular weight excluding hydrogens is 292 g/mol. The summed E-state index contributed by atoms with van der Waals surface area (Å²) in [6.45, 7) is 0.423. The van der Waals surface area contributed by atoms with Crippen LogP contribution in [0.25, 0.3) is 0 Å². The molecule has 2 aromatic carbocycles. The van der Waals surface area contributed by atoms with Gasteiger partial charge in [-0.15, -0.1) is 0 Å². The molecule has 2 N–H and O–H groups in total. The predicted molar refractivity (Wildman–Crippen MR) is 85.6 cm³/mol. The number of hydrogen-bond acceptors (Lipinski definition) is 3. The molecule has 0 heterocycles. The van der Waals surface area contributed by atoms with Gasteiger partial charge in [-0.1, -0.05) is 48.0 Å². The Bertz CT molecular complexity index is 595. The monoisotopic (exact) mass is 304 g/mol. The number of ether oxygens (including phenoxy) is 1. The van der Waals surface area contributed by atoms with Crippen LogP contribution in [0.4, 0.5) is 0 Å². The fraction of sp³-hybridized carbons (Fsp3) is 0.0714. The van der Waals surface area contributed by atoms with Gasteiger partial charge in [0, 0.05) is 11.6 Å². The summed E-state index contributed by atoms with van der Waals surface area (Å²) in [6, 6.07) is 14.7. The van der Waals surface area contributed by atoms with Gasteiger partial charge in [-0.05, 0) is 35.4 Å². The summed E-state index contributed by atoms with van der Waals surface area (Å²) in [4.78, 5) is 0. The summed E-state index contributed by atoms with van der Waals surface area (Å²) in [5.74, 6) is 0.675. The third-order valence-corrected chi connectivity index (χ3v) is 3.31. The van der Waals surface area contributed by atoms with Crippen LogP contribution in [-0.2, 0) is 6.54 Å². The van der Waals surface area contributed by atoms with Crippen molar-refractivity contribution in [3.8, 4) is 5.75 Å². The molecule has 101 valence electrons. The van der Waals surface area contributed by atoms with Crippen LogP contribution in [-0.4, -0.2) is 17.7 Å². The molecule has 6 heteroatoms. The predicted octanol–water partition coefficient (Wildman–Crippen LogP) is 2.03. The fourth-order valence-corrected chi connectivity index (χ4v) is 2.04. The van der Waals surface area contributed by atoms with Gasteiger partial charge in [0.25, 0.3) is 5.17 Å². The number of rotatable bonds is 4. The molecule has 0 aliphatic rings.